The van der Waals surface area contributed by atoms with Crippen LogP contribution in [0.2, 0.25) is 0 Å². The largest absolute Gasteiger partial charge is 0.368 e. The standard InChI is InChI=1S/C16H30N2O/c1-2-6-13-9-11-16(12-10-13,15(17)19)18-14-7-4-3-5-8-14/h13-14,18H,2-12H2,1H3,(H2,17,19). The number of primary amides is 1. The smallest absolute Gasteiger partial charge is 0.237 e. The summed E-state index contributed by atoms with van der Waals surface area (Å²) >= 11 is 0. The quantitative estimate of drug-likeness (QED) is 0.803. The number of carbonyl (C=O) groups is 1. The Labute approximate surface area is 117 Å². The first-order valence-electron chi connectivity index (χ1n) is 8.24. The Bertz CT molecular complexity index is 289. The highest BCUT2D eigenvalue weighted by molar-refractivity contribution is 5.84. The van der Waals surface area contributed by atoms with Crippen molar-refractivity contribution in [3.05, 3.63) is 0 Å². The van der Waals surface area contributed by atoms with Crippen LogP contribution in [0.25, 0.3) is 0 Å². The molecule has 2 rings (SSSR count). The molecule has 19 heavy (non-hydrogen) atoms. The van der Waals surface area contributed by atoms with Crippen molar-refractivity contribution < 1.29 is 4.79 Å². The second-order valence-electron chi connectivity index (χ2n) is 6.66. The number of rotatable bonds is 5. The van der Waals surface area contributed by atoms with Crippen LogP contribution in [0.4, 0.5) is 0 Å². The number of carbonyl (C=O) groups excluding carboxylic acids is 1. The van der Waals surface area contributed by atoms with E-state index in [0.717, 1.165) is 31.6 Å². The molecule has 0 bridgehead atoms. The number of hydrogen-bond donors (Lipinski definition) is 2. The van der Waals surface area contributed by atoms with Crippen LogP contribution in [0.3, 0.4) is 0 Å². The minimum atomic E-state index is -0.397. The molecule has 0 saturated heterocycles. The summed E-state index contributed by atoms with van der Waals surface area (Å²) in [5.74, 6) is 0.693. The van der Waals surface area contributed by atoms with Crippen molar-refractivity contribution in [2.45, 2.75) is 89.1 Å². The third kappa shape index (κ3) is 3.71. The van der Waals surface area contributed by atoms with Crippen LogP contribution in [0.5, 0.6) is 0 Å². The van der Waals surface area contributed by atoms with E-state index in [0.29, 0.717) is 6.04 Å². The summed E-state index contributed by atoms with van der Waals surface area (Å²) in [5.41, 5.74) is 5.34. The fourth-order valence-electron chi connectivity index (χ4n) is 3.97. The van der Waals surface area contributed by atoms with Gasteiger partial charge in [0, 0.05) is 6.04 Å². The molecule has 2 fully saturated rings. The number of hydrogen-bond acceptors (Lipinski definition) is 2. The zero-order valence-corrected chi connectivity index (χ0v) is 12.4. The lowest BCUT2D eigenvalue weighted by atomic mass is 9.74. The Balaban J connectivity index is 1.93. The zero-order chi connectivity index (χ0) is 13.7. The molecule has 0 aromatic carbocycles. The Morgan fingerprint density at radius 2 is 1.79 bits per heavy atom. The fraction of sp³-hybridized carbons (Fsp3) is 0.938. The summed E-state index contributed by atoms with van der Waals surface area (Å²) in [6.45, 7) is 2.25. The van der Waals surface area contributed by atoms with Gasteiger partial charge in [-0.3, -0.25) is 4.79 Å². The molecule has 0 radical (unpaired) electrons. The first-order valence-corrected chi connectivity index (χ1v) is 8.24. The van der Waals surface area contributed by atoms with Gasteiger partial charge in [-0.2, -0.15) is 0 Å². The lowest BCUT2D eigenvalue weighted by Gasteiger charge is -2.42. The maximum Gasteiger partial charge on any atom is 0.237 e. The first kappa shape index (κ1) is 14.8. The van der Waals surface area contributed by atoms with E-state index >= 15 is 0 Å². The Morgan fingerprint density at radius 1 is 1.16 bits per heavy atom. The third-order valence-electron chi connectivity index (χ3n) is 5.21. The van der Waals surface area contributed by atoms with Crippen molar-refractivity contribution in [2.24, 2.45) is 11.7 Å². The second-order valence-corrected chi connectivity index (χ2v) is 6.66. The van der Waals surface area contributed by atoms with E-state index in [1.807, 2.05) is 0 Å². The molecule has 110 valence electrons. The van der Waals surface area contributed by atoms with Crippen LogP contribution in [0.1, 0.15) is 77.6 Å². The SMILES string of the molecule is CCCC1CCC(NC2CCCCC2)(C(N)=O)CC1. The normalized spacial score (nSPS) is 33.2. The molecule has 0 heterocycles. The van der Waals surface area contributed by atoms with E-state index in [1.165, 1.54) is 44.9 Å². The molecule has 0 atom stereocenters. The molecule has 2 saturated carbocycles. The molecule has 0 spiro atoms. The van der Waals surface area contributed by atoms with Crippen molar-refractivity contribution in [3.8, 4) is 0 Å². The van der Waals surface area contributed by atoms with Gasteiger partial charge in [0.25, 0.3) is 0 Å². The Morgan fingerprint density at radius 3 is 2.32 bits per heavy atom. The average Bonchev–Trinajstić information content (AvgIpc) is 2.42. The van der Waals surface area contributed by atoms with Crippen LogP contribution in [-0.4, -0.2) is 17.5 Å². The summed E-state index contributed by atoms with van der Waals surface area (Å²) in [7, 11) is 0. The van der Waals surface area contributed by atoms with Crippen LogP contribution in [0, 0.1) is 5.92 Å². The maximum absolute atomic E-state index is 12.0. The Kier molecular flexibility index (Phi) is 5.26. The molecule has 2 aliphatic rings. The van der Waals surface area contributed by atoms with Gasteiger partial charge in [-0.15, -0.1) is 0 Å². The van der Waals surface area contributed by atoms with E-state index in [-0.39, 0.29) is 5.91 Å². The van der Waals surface area contributed by atoms with Gasteiger partial charge in [0.05, 0.1) is 5.54 Å². The van der Waals surface area contributed by atoms with Gasteiger partial charge in [0.15, 0.2) is 0 Å². The van der Waals surface area contributed by atoms with Crippen LogP contribution in [-0.2, 0) is 4.79 Å². The molecule has 0 unspecified atom stereocenters. The predicted octanol–water partition coefficient (Wildman–Crippen LogP) is 3.12. The summed E-state index contributed by atoms with van der Waals surface area (Å²) < 4.78 is 0. The highest BCUT2D eigenvalue weighted by Crippen LogP contribution is 2.35. The first-order chi connectivity index (χ1) is 9.16. The maximum atomic E-state index is 12.0. The third-order valence-corrected chi connectivity index (χ3v) is 5.21. The van der Waals surface area contributed by atoms with E-state index in [2.05, 4.69) is 12.2 Å². The molecular formula is C16H30N2O. The van der Waals surface area contributed by atoms with Crippen molar-refractivity contribution >= 4 is 5.91 Å². The van der Waals surface area contributed by atoms with Gasteiger partial charge in [0.2, 0.25) is 5.91 Å². The number of amides is 1. The highest BCUT2D eigenvalue weighted by Gasteiger charge is 2.41. The molecule has 0 aromatic rings. The molecule has 0 aliphatic heterocycles. The summed E-state index contributed by atoms with van der Waals surface area (Å²) in [6, 6.07) is 0.518. The lowest BCUT2D eigenvalue weighted by Crippen LogP contribution is -2.60. The van der Waals surface area contributed by atoms with Crippen LogP contribution >= 0.6 is 0 Å². The lowest BCUT2D eigenvalue weighted by molar-refractivity contribution is -0.126. The minimum Gasteiger partial charge on any atom is -0.368 e. The summed E-state index contributed by atoms with van der Waals surface area (Å²) in [5, 5.41) is 3.66. The van der Waals surface area contributed by atoms with Gasteiger partial charge in [-0.25, -0.2) is 0 Å². The van der Waals surface area contributed by atoms with E-state index in [4.69, 9.17) is 5.73 Å². The fourth-order valence-corrected chi connectivity index (χ4v) is 3.97. The highest BCUT2D eigenvalue weighted by atomic mass is 16.1. The number of nitrogens with two attached hydrogens (primary N) is 1. The van der Waals surface area contributed by atoms with E-state index in [9.17, 15) is 4.79 Å². The van der Waals surface area contributed by atoms with Gasteiger partial charge < -0.3 is 11.1 Å². The van der Waals surface area contributed by atoms with Crippen molar-refractivity contribution in [1.82, 2.24) is 5.32 Å². The van der Waals surface area contributed by atoms with Crippen molar-refractivity contribution in [1.29, 1.82) is 0 Å². The van der Waals surface area contributed by atoms with Crippen molar-refractivity contribution in [2.75, 3.05) is 0 Å². The van der Waals surface area contributed by atoms with E-state index in [1.54, 1.807) is 0 Å². The van der Waals surface area contributed by atoms with Gasteiger partial charge in [0.1, 0.15) is 0 Å². The van der Waals surface area contributed by atoms with Gasteiger partial charge >= 0.3 is 0 Å². The van der Waals surface area contributed by atoms with Crippen LogP contribution < -0.4 is 11.1 Å². The summed E-state index contributed by atoms with van der Waals surface area (Å²) in [4.78, 5) is 12.0. The molecule has 1 amide bonds. The second kappa shape index (κ2) is 6.74. The average molecular weight is 266 g/mol. The molecule has 2 aliphatic carbocycles. The molecule has 0 aromatic heterocycles. The van der Waals surface area contributed by atoms with Crippen LogP contribution in [0.15, 0.2) is 0 Å². The summed E-state index contributed by atoms with van der Waals surface area (Å²) in [6.07, 6.45) is 13.2. The molecule has 3 heteroatoms. The minimum absolute atomic E-state index is 0.118. The number of nitrogens with one attached hydrogen (secondary N) is 1. The van der Waals surface area contributed by atoms with Gasteiger partial charge in [-0.1, -0.05) is 39.0 Å². The molecular weight excluding hydrogens is 236 g/mol. The molecule has 3 nitrogen and oxygen atoms in total. The van der Waals surface area contributed by atoms with Crippen molar-refractivity contribution in [3.63, 3.8) is 0 Å². The predicted molar refractivity (Wildman–Crippen MR) is 78.8 cm³/mol. The van der Waals surface area contributed by atoms with E-state index < -0.39 is 5.54 Å². The Hall–Kier alpha value is -0.570. The zero-order valence-electron chi connectivity index (χ0n) is 12.4. The monoisotopic (exact) mass is 266 g/mol. The topological polar surface area (TPSA) is 55.1 Å². The molecule has 3 N–H and O–H groups in total. The van der Waals surface area contributed by atoms with Gasteiger partial charge in [-0.05, 0) is 44.4 Å².